The number of benzene rings is 2. The van der Waals surface area contributed by atoms with E-state index in [1.165, 1.54) is 6.07 Å². The number of nitrogens with one attached hydrogen (secondary N) is 1. The van der Waals surface area contributed by atoms with E-state index in [2.05, 4.69) is 5.32 Å². The van der Waals surface area contributed by atoms with Gasteiger partial charge in [-0.15, -0.1) is 0 Å². The second-order valence-electron chi connectivity index (χ2n) is 5.08. The molecule has 2 aromatic rings. The van der Waals surface area contributed by atoms with Crippen molar-refractivity contribution in [3.05, 3.63) is 58.9 Å². The molecule has 1 aliphatic rings. The van der Waals surface area contributed by atoms with E-state index in [0.29, 0.717) is 5.75 Å². The van der Waals surface area contributed by atoms with Crippen molar-refractivity contribution in [3.63, 3.8) is 0 Å². The lowest BCUT2D eigenvalue weighted by atomic mass is 10.1. The highest BCUT2D eigenvalue weighted by Gasteiger charge is 2.22. The van der Waals surface area contributed by atoms with Crippen LogP contribution in [0.15, 0.2) is 36.4 Å². The summed E-state index contributed by atoms with van der Waals surface area (Å²) in [6, 6.07) is 10.7. The number of halogens is 1. The number of hydrogen-bond donors (Lipinski definition) is 2. The van der Waals surface area contributed by atoms with Crippen molar-refractivity contribution in [2.75, 3.05) is 5.32 Å². The Balaban J connectivity index is 1.84. The highest BCUT2D eigenvalue weighted by Crippen LogP contribution is 2.35. The van der Waals surface area contributed by atoms with Crippen LogP contribution in [-0.4, -0.2) is 5.11 Å². The van der Waals surface area contributed by atoms with Gasteiger partial charge in [-0.3, -0.25) is 0 Å². The van der Waals surface area contributed by atoms with Gasteiger partial charge in [0.2, 0.25) is 0 Å². The van der Waals surface area contributed by atoms with Crippen molar-refractivity contribution in [2.24, 2.45) is 0 Å². The Morgan fingerprint density at radius 2 is 2.05 bits per heavy atom. The average Bonchev–Trinajstić information content (AvgIpc) is 2.76. The molecule has 0 bridgehead atoms. The summed E-state index contributed by atoms with van der Waals surface area (Å²) in [5.41, 5.74) is 3.99. The Kier molecular flexibility index (Phi) is 2.90. The molecule has 1 aliphatic carbocycles. The molecule has 98 valence electrons. The van der Waals surface area contributed by atoms with Crippen molar-refractivity contribution in [2.45, 2.75) is 25.8 Å². The Hall–Kier alpha value is -2.03. The van der Waals surface area contributed by atoms with E-state index in [1.807, 2.05) is 25.1 Å². The molecular weight excluding hydrogens is 241 g/mol. The molecule has 2 N–H and O–H groups in total. The van der Waals surface area contributed by atoms with Gasteiger partial charge in [0.1, 0.15) is 11.6 Å². The summed E-state index contributed by atoms with van der Waals surface area (Å²) in [5.74, 6) is 0.120. The van der Waals surface area contributed by atoms with Gasteiger partial charge in [0.15, 0.2) is 0 Å². The third-order valence-corrected chi connectivity index (χ3v) is 3.73. The molecule has 0 radical (unpaired) electrons. The van der Waals surface area contributed by atoms with Crippen LogP contribution in [-0.2, 0) is 6.42 Å². The van der Waals surface area contributed by atoms with Crippen LogP contribution in [0.5, 0.6) is 5.75 Å². The normalized spacial score (nSPS) is 17.3. The highest BCUT2D eigenvalue weighted by molar-refractivity contribution is 5.53. The number of fused-ring (bicyclic) bond motifs is 1. The highest BCUT2D eigenvalue weighted by atomic mass is 19.1. The van der Waals surface area contributed by atoms with Gasteiger partial charge in [0, 0.05) is 11.8 Å². The minimum Gasteiger partial charge on any atom is -0.508 e. The number of phenols is 1. The minimum atomic E-state index is -0.174. The average molecular weight is 257 g/mol. The number of hydrogen-bond acceptors (Lipinski definition) is 2. The molecule has 19 heavy (non-hydrogen) atoms. The van der Waals surface area contributed by atoms with E-state index < -0.39 is 0 Å². The van der Waals surface area contributed by atoms with Gasteiger partial charge < -0.3 is 10.4 Å². The predicted octanol–water partition coefficient (Wildman–Crippen LogP) is 3.94. The van der Waals surface area contributed by atoms with Gasteiger partial charge in [-0.1, -0.05) is 12.1 Å². The lowest BCUT2D eigenvalue weighted by Crippen LogP contribution is -2.07. The summed E-state index contributed by atoms with van der Waals surface area (Å²) in [7, 11) is 0. The summed E-state index contributed by atoms with van der Waals surface area (Å²) in [6.07, 6.45) is 1.84. The zero-order valence-electron chi connectivity index (χ0n) is 10.8. The maximum atomic E-state index is 13.2. The van der Waals surface area contributed by atoms with Gasteiger partial charge in [0.25, 0.3) is 0 Å². The molecule has 0 aromatic heterocycles. The van der Waals surface area contributed by atoms with E-state index in [-0.39, 0.29) is 11.9 Å². The zero-order valence-corrected chi connectivity index (χ0v) is 10.8. The summed E-state index contributed by atoms with van der Waals surface area (Å²) in [6.45, 7) is 1.87. The van der Waals surface area contributed by atoms with Gasteiger partial charge >= 0.3 is 0 Å². The monoisotopic (exact) mass is 257 g/mol. The fraction of sp³-hybridized carbons (Fsp3) is 0.250. The molecule has 0 saturated heterocycles. The van der Waals surface area contributed by atoms with Crippen molar-refractivity contribution in [3.8, 4) is 5.75 Å². The topological polar surface area (TPSA) is 32.3 Å². The first-order valence-electron chi connectivity index (χ1n) is 6.48. The molecule has 0 spiro atoms. The van der Waals surface area contributed by atoms with Crippen LogP contribution in [0.1, 0.15) is 29.2 Å². The first-order chi connectivity index (χ1) is 9.13. The predicted molar refractivity (Wildman–Crippen MR) is 73.9 cm³/mol. The lowest BCUT2D eigenvalue weighted by molar-refractivity contribution is 0.471. The molecule has 0 aliphatic heterocycles. The molecule has 3 rings (SSSR count). The van der Waals surface area contributed by atoms with Gasteiger partial charge in [-0.2, -0.15) is 0 Å². The third kappa shape index (κ3) is 2.28. The Bertz CT molecular complexity index is 624. The maximum Gasteiger partial charge on any atom is 0.123 e. The van der Waals surface area contributed by atoms with E-state index in [0.717, 1.165) is 35.2 Å². The maximum absolute atomic E-state index is 13.2. The van der Waals surface area contributed by atoms with Crippen LogP contribution in [0.3, 0.4) is 0 Å². The smallest absolute Gasteiger partial charge is 0.123 e. The Morgan fingerprint density at radius 1 is 1.21 bits per heavy atom. The Morgan fingerprint density at radius 3 is 2.84 bits per heavy atom. The van der Waals surface area contributed by atoms with Gasteiger partial charge in [-0.05, 0) is 54.7 Å². The Labute approximate surface area is 111 Å². The standard InChI is InChI=1S/C16H16FNO/c1-10-2-5-13(9-16(10)19)18-15-7-3-11-8-12(17)4-6-14(11)15/h2,4-6,8-9,15,18-19H,3,7H2,1H3. The van der Waals surface area contributed by atoms with E-state index >= 15 is 0 Å². The number of rotatable bonds is 2. The number of aryl methyl sites for hydroxylation is 2. The van der Waals surface area contributed by atoms with Crippen LogP contribution in [0, 0.1) is 12.7 Å². The van der Waals surface area contributed by atoms with Crippen molar-refractivity contribution in [1.82, 2.24) is 0 Å². The summed E-state index contributed by atoms with van der Waals surface area (Å²) < 4.78 is 13.2. The first-order valence-corrected chi connectivity index (χ1v) is 6.48. The quantitative estimate of drug-likeness (QED) is 0.854. The minimum absolute atomic E-state index is 0.174. The lowest BCUT2D eigenvalue weighted by Gasteiger charge is -2.16. The molecule has 1 unspecified atom stereocenters. The van der Waals surface area contributed by atoms with E-state index in [9.17, 15) is 9.50 Å². The van der Waals surface area contributed by atoms with Crippen LogP contribution >= 0.6 is 0 Å². The zero-order chi connectivity index (χ0) is 13.4. The van der Waals surface area contributed by atoms with Crippen molar-refractivity contribution in [1.29, 1.82) is 0 Å². The van der Waals surface area contributed by atoms with E-state index in [4.69, 9.17) is 0 Å². The SMILES string of the molecule is Cc1ccc(NC2CCc3cc(F)ccc32)cc1O. The fourth-order valence-corrected chi connectivity index (χ4v) is 2.64. The second kappa shape index (κ2) is 4.57. The van der Waals surface area contributed by atoms with Crippen LogP contribution in [0.2, 0.25) is 0 Å². The molecule has 2 aromatic carbocycles. The first kappa shape index (κ1) is 12.0. The van der Waals surface area contributed by atoms with Gasteiger partial charge in [0.05, 0.1) is 6.04 Å². The van der Waals surface area contributed by atoms with Gasteiger partial charge in [-0.25, -0.2) is 4.39 Å². The fourth-order valence-electron chi connectivity index (χ4n) is 2.64. The molecule has 0 heterocycles. The third-order valence-electron chi connectivity index (χ3n) is 3.73. The second-order valence-corrected chi connectivity index (χ2v) is 5.08. The number of aromatic hydroxyl groups is 1. The van der Waals surface area contributed by atoms with Crippen LogP contribution in [0.25, 0.3) is 0 Å². The van der Waals surface area contributed by atoms with Crippen LogP contribution in [0.4, 0.5) is 10.1 Å². The van der Waals surface area contributed by atoms with Crippen molar-refractivity contribution >= 4 is 5.69 Å². The molecule has 1 atom stereocenters. The summed E-state index contributed by atoms with van der Waals surface area (Å²) >= 11 is 0. The number of phenolic OH excluding ortho intramolecular Hbond substituents is 1. The van der Waals surface area contributed by atoms with Crippen molar-refractivity contribution < 1.29 is 9.50 Å². The van der Waals surface area contributed by atoms with Crippen LogP contribution < -0.4 is 5.32 Å². The molecule has 2 nitrogen and oxygen atoms in total. The molecule has 0 saturated carbocycles. The summed E-state index contributed by atoms with van der Waals surface area (Å²) in [4.78, 5) is 0. The summed E-state index contributed by atoms with van der Waals surface area (Å²) in [5, 5.41) is 13.1. The number of anilines is 1. The molecule has 0 fully saturated rings. The molecular formula is C16H16FNO. The largest absolute Gasteiger partial charge is 0.508 e. The van der Waals surface area contributed by atoms with E-state index in [1.54, 1.807) is 12.1 Å². The molecule has 0 amide bonds. The molecule has 3 heteroatoms.